The van der Waals surface area contributed by atoms with E-state index < -0.39 is 15.6 Å². The maximum absolute atomic E-state index is 13.7. The second-order valence-electron chi connectivity index (χ2n) is 11.5. The monoisotopic (exact) mass is 551 g/mol. The maximum Gasteiger partial charge on any atom is 0.263 e. The highest BCUT2D eigenvalue weighted by Crippen LogP contribution is 2.35. The summed E-state index contributed by atoms with van der Waals surface area (Å²) >= 11 is 1.21. The van der Waals surface area contributed by atoms with Crippen LogP contribution in [0.25, 0.3) is 10.2 Å². The van der Waals surface area contributed by atoms with Crippen molar-refractivity contribution in [3.05, 3.63) is 21.6 Å². The van der Waals surface area contributed by atoms with E-state index in [4.69, 9.17) is 0 Å². The van der Waals surface area contributed by atoms with Crippen LogP contribution in [-0.4, -0.2) is 72.3 Å². The average molecular weight is 552 g/mol. The highest BCUT2D eigenvalue weighted by atomic mass is 32.2. The minimum Gasteiger partial charge on any atom is -0.354 e. The van der Waals surface area contributed by atoms with Crippen molar-refractivity contribution in [1.29, 1.82) is 0 Å². The lowest BCUT2D eigenvalue weighted by Gasteiger charge is -2.34. The number of amides is 1. The number of carbonyl (C=O) groups is 1. The Morgan fingerprint density at radius 1 is 1.05 bits per heavy atom. The minimum atomic E-state index is -3.86. The number of aromatic nitrogens is 2. The number of nitrogens with one attached hydrogen (secondary N) is 1. The Labute approximate surface area is 224 Å². The number of hydrogen-bond donors (Lipinski definition) is 1. The van der Waals surface area contributed by atoms with Gasteiger partial charge in [-0.2, -0.15) is 4.31 Å². The molecule has 1 amide bonds. The van der Waals surface area contributed by atoms with Gasteiger partial charge < -0.3 is 10.2 Å². The van der Waals surface area contributed by atoms with Crippen LogP contribution in [0.1, 0.15) is 51.8 Å². The van der Waals surface area contributed by atoms with Gasteiger partial charge in [0, 0.05) is 37.6 Å². The summed E-state index contributed by atoms with van der Waals surface area (Å²) in [5.41, 5.74) is -0.488. The van der Waals surface area contributed by atoms with Crippen LogP contribution < -0.4 is 10.9 Å². The third-order valence-corrected chi connectivity index (χ3v) is 10.6. The van der Waals surface area contributed by atoms with Gasteiger partial charge in [-0.1, -0.05) is 27.7 Å². The summed E-state index contributed by atoms with van der Waals surface area (Å²) < 4.78 is 30.1. The second kappa shape index (κ2) is 11.5. The highest BCUT2D eigenvalue weighted by Gasteiger charge is 2.36. The van der Waals surface area contributed by atoms with Gasteiger partial charge in [0.1, 0.15) is 16.3 Å². The van der Waals surface area contributed by atoms with Gasteiger partial charge in [-0.25, -0.2) is 13.4 Å². The molecule has 0 unspecified atom stereocenters. The quantitative estimate of drug-likeness (QED) is 0.506. The number of hydrogen-bond acceptors (Lipinski definition) is 7. The lowest BCUT2D eigenvalue weighted by molar-refractivity contribution is -0.121. The molecule has 2 aromatic rings. The first-order chi connectivity index (χ1) is 17.5. The van der Waals surface area contributed by atoms with E-state index in [2.05, 4.69) is 42.9 Å². The number of piperidine rings is 2. The van der Waals surface area contributed by atoms with Gasteiger partial charge in [0.05, 0.1) is 11.7 Å². The fourth-order valence-electron chi connectivity index (χ4n) is 6.18. The first-order valence-corrected chi connectivity index (χ1v) is 15.7. The molecule has 2 aromatic heterocycles. The molecule has 37 heavy (non-hydrogen) atoms. The molecule has 1 N–H and O–H groups in total. The third-order valence-electron chi connectivity index (χ3n) is 7.46. The minimum absolute atomic E-state index is 0.0473. The molecule has 0 radical (unpaired) electrons. The summed E-state index contributed by atoms with van der Waals surface area (Å²) in [6, 6.07) is 0. The van der Waals surface area contributed by atoms with Crippen LogP contribution in [0.15, 0.2) is 16.0 Å². The average Bonchev–Trinajstić information content (AvgIpc) is 3.15. The SMILES string of the molecule is Cc1sc2ncn(CC(=O)NCCCN3C[C@H](C)C[C@@H](C)C3)c(=O)c2c1S(=O)(=O)N1C[C@H](C)C[C@H](C)C1. The summed E-state index contributed by atoms with van der Waals surface area (Å²) in [6.07, 6.45) is 4.44. The Kier molecular flexibility index (Phi) is 8.77. The van der Waals surface area contributed by atoms with Crippen molar-refractivity contribution in [2.24, 2.45) is 23.7 Å². The topological polar surface area (TPSA) is 105 Å². The molecule has 2 fully saturated rings. The molecule has 0 saturated carbocycles. The number of likely N-dealkylation sites (tertiary alicyclic amines) is 1. The van der Waals surface area contributed by atoms with Gasteiger partial charge in [0.25, 0.3) is 5.56 Å². The van der Waals surface area contributed by atoms with E-state index in [9.17, 15) is 18.0 Å². The summed E-state index contributed by atoms with van der Waals surface area (Å²) in [6.45, 7) is 14.7. The summed E-state index contributed by atoms with van der Waals surface area (Å²) in [5.74, 6) is 1.62. The van der Waals surface area contributed by atoms with Crippen molar-refractivity contribution in [2.45, 2.75) is 65.3 Å². The summed E-state index contributed by atoms with van der Waals surface area (Å²) in [5, 5.41) is 3.00. The van der Waals surface area contributed by atoms with E-state index in [0.29, 0.717) is 41.2 Å². The van der Waals surface area contributed by atoms with E-state index >= 15 is 0 Å². The fourth-order valence-corrected chi connectivity index (χ4v) is 9.53. The molecule has 4 atom stereocenters. The van der Waals surface area contributed by atoms with Crippen LogP contribution >= 0.6 is 11.3 Å². The normalized spacial score (nSPS) is 26.0. The van der Waals surface area contributed by atoms with E-state index in [1.807, 2.05) is 0 Å². The zero-order valence-corrected chi connectivity index (χ0v) is 24.3. The van der Waals surface area contributed by atoms with Crippen LogP contribution in [0.5, 0.6) is 0 Å². The smallest absolute Gasteiger partial charge is 0.263 e. The number of nitrogens with zero attached hydrogens (tertiary/aromatic N) is 4. The summed E-state index contributed by atoms with van der Waals surface area (Å²) in [4.78, 5) is 33.8. The molecule has 2 aliphatic heterocycles. The third kappa shape index (κ3) is 6.43. The summed E-state index contributed by atoms with van der Waals surface area (Å²) in [7, 11) is -3.86. The molecule has 0 aromatic carbocycles. The standard InChI is InChI=1S/C26H41N5O4S2/c1-17-9-18(2)12-29(11-17)8-6-7-27-22(32)15-30-16-28-25-23(26(30)33)24(21(5)36-25)37(34,35)31-13-19(3)10-20(4)14-31/h16-20H,6-15H2,1-5H3,(H,27,32)/t17-,18-,19-,20+/m1/s1. The van der Waals surface area contributed by atoms with Gasteiger partial charge in [-0.05, 0) is 56.4 Å². The van der Waals surface area contributed by atoms with Gasteiger partial charge in [0.15, 0.2) is 0 Å². The Bertz CT molecular complexity index is 1270. The van der Waals surface area contributed by atoms with Crippen molar-refractivity contribution in [1.82, 2.24) is 24.1 Å². The highest BCUT2D eigenvalue weighted by molar-refractivity contribution is 7.89. The van der Waals surface area contributed by atoms with Crippen LogP contribution in [0.3, 0.4) is 0 Å². The van der Waals surface area contributed by atoms with Crippen LogP contribution in [0.4, 0.5) is 0 Å². The van der Waals surface area contributed by atoms with Crippen LogP contribution in [0.2, 0.25) is 0 Å². The maximum atomic E-state index is 13.7. The van der Waals surface area contributed by atoms with Crippen LogP contribution in [0, 0.1) is 30.6 Å². The largest absolute Gasteiger partial charge is 0.354 e. The molecule has 0 spiro atoms. The van der Waals surface area contributed by atoms with Gasteiger partial charge in [-0.15, -0.1) is 11.3 Å². The number of aryl methyl sites for hydroxylation is 1. The number of thiophene rings is 1. The second-order valence-corrected chi connectivity index (χ2v) is 14.6. The molecule has 9 nitrogen and oxygen atoms in total. The van der Waals surface area contributed by atoms with Crippen LogP contribution in [-0.2, 0) is 21.4 Å². The molecular formula is C26H41N5O4S2. The lowest BCUT2D eigenvalue weighted by atomic mass is 9.92. The Morgan fingerprint density at radius 2 is 1.65 bits per heavy atom. The molecule has 0 bridgehead atoms. The van der Waals surface area contributed by atoms with Gasteiger partial charge in [0.2, 0.25) is 15.9 Å². The number of carbonyl (C=O) groups excluding carboxylic acids is 1. The van der Waals surface area contributed by atoms with Gasteiger partial charge >= 0.3 is 0 Å². The Hall–Kier alpha value is -1.82. The van der Waals surface area contributed by atoms with E-state index in [0.717, 1.165) is 32.5 Å². The zero-order chi connectivity index (χ0) is 26.9. The zero-order valence-electron chi connectivity index (χ0n) is 22.7. The van der Waals surface area contributed by atoms with Crippen molar-refractivity contribution < 1.29 is 13.2 Å². The Balaban J connectivity index is 1.45. The molecule has 2 aliphatic rings. The van der Waals surface area contributed by atoms with Gasteiger partial charge in [-0.3, -0.25) is 14.2 Å². The predicted molar refractivity (Wildman–Crippen MR) is 147 cm³/mol. The number of sulfonamides is 1. The molecule has 4 rings (SSSR count). The van der Waals surface area contributed by atoms with Crippen molar-refractivity contribution >= 4 is 37.5 Å². The molecule has 2 saturated heterocycles. The van der Waals surface area contributed by atoms with E-state index in [1.54, 1.807) is 6.92 Å². The molecule has 11 heteroatoms. The Morgan fingerprint density at radius 3 is 2.27 bits per heavy atom. The fraction of sp³-hybridized carbons (Fsp3) is 0.731. The number of rotatable bonds is 8. The molecule has 206 valence electrons. The van der Waals surface area contributed by atoms with Crippen molar-refractivity contribution in [3.8, 4) is 0 Å². The molecule has 0 aliphatic carbocycles. The molecule has 4 heterocycles. The predicted octanol–water partition coefficient (Wildman–Crippen LogP) is 2.92. The lowest BCUT2D eigenvalue weighted by Crippen LogP contribution is -2.43. The van der Waals surface area contributed by atoms with E-state index in [1.165, 1.54) is 33.0 Å². The van der Waals surface area contributed by atoms with Crippen molar-refractivity contribution in [3.63, 3.8) is 0 Å². The van der Waals surface area contributed by atoms with Crippen molar-refractivity contribution in [2.75, 3.05) is 39.3 Å². The first kappa shape index (κ1) is 28.2. The van der Waals surface area contributed by atoms with E-state index in [-0.39, 0.29) is 34.6 Å². The first-order valence-electron chi connectivity index (χ1n) is 13.4. The number of fused-ring (bicyclic) bond motifs is 1. The molecular weight excluding hydrogens is 510 g/mol.